The van der Waals surface area contributed by atoms with Gasteiger partial charge in [0.05, 0.1) is 19.9 Å². The second-order valence-electron chi connectivity index (χ2n) is 6.50. The lowest BCUT2D eigenvalue weighted by Crippen LogP contribution is -2.39. The molecule has 1 aliphatic rings. The molecule has 1 unspecified atom stereocenters. The minimum Gasteiger partial charge on any atom is -0.493 e. The van der Waals surface area contributed by atoms with Gasteiger partial charge in [-0.05, 0) is 43.9 Å². The van der Waals surface area contributed by atoms with Crippen LogP contribution in [0.5, 0.6) is 11.5 Å². The molecule has 0 saturated carbocycles. The zero-order valence-corrected chi connectivity index (χ0v) is 16.0. The Balaban J connectivity index is 1.88. The molecule has 1 aromatic heterocycles. The van der Waals surface area contributed by atoms with Gasteiger partial charge in [0.15, 0.2) is 11.5 Å². The van der Waals surface area contributed by atoms with Crippen LogP contribution < -0.4 is 9.47 Å². The summed E-state index contributed by atoms with van der Waals surface area (Å²) >= 11 is 1.45. The number of hydrogen-bond donors (Lipinski definition) is 0. The number of rotatable bonds is 4. The minimum atomic E-state index is 0.105. The topological polar surface area (TPSA) is 51.7 Å². The van der Waals surface area contributed by atoms with Crippen LogP contribution in [0.25, 0.3) is 10.6 Å². The van der Waals surface area contributed by atoms with Crippen molar-refractivity contribution in [3.05, 3.63) is 28.8 Å². The molecule has 134 valence electrons. The number of amides is 1. The first-order valence-corrected chi connectivity index (χ1v) is 9.34. The van der Waals surface area contributed by atoms with E-state index in [1.807, 2.05) is 30.0 Å². The average molecular weight is 360 g/mol. The normalized spacial score (nSPS) is 17.4. The van der Waals surface area contributed by atoms with E-state index in [-0.39, 0.29) is 5.91 Å². The Morgan fingerprint density at radius 3 is 2.72 bits per heavy atom. The third kappa shape index (κ3) is 3.63. The van der Waals surface area contributed by atoms with Crippen LogP contribution in [0, 0.1) is 12.8 Å². The molecule has 0 radical (unpaired) electrons. The molecule has 2 aromatic rings. The van der Waals surface area contributed by atoms with Gasteiger partial charge in [-0.1, -0.05) is 6.92 Å². The number of hydrogen-bond acceptors (Lipinski definition) is 5. The van der Waals surface area contributed by atoms with Gasteiger partial charge < -0.3 is 14.4 Å². The molecule has 0 bridgehead atoms. The fraction of sp³-hybridized carbons (Fsp3) is 0.474. The second-order valence-corrected chi connectivity index (χ2v) is 7.50. The van der Waals surface area contributed by atoms with Crippen LogP contribution >= 0.6 is 11.3 Å². The predicted octanol–water partition coefficient (Wildman–Crippen LogP) is 4.01. The molecule has 0 aliphatic carbocycles. The van der Waals surface area contributed by atoms with E-state index < -0.39 is 0 Å². The molecule has 3 rings (SSSR count). The maximum absolute atomic E-state index is 12.9. The zero-order chi connectivity index (χ0) is 18.0. The molecular formula is C19H24N2O3S. The maximum Gasteiger partial charge on any atom is 0.265 e. The van der Waals surface area contributed by atoms with E-state index in [1.54, 1.807) is 14.2 Å². The molecule has 0 spiro atoms. The number of ether oxygens (including phenoxy) is 2. The van der Waals surface area contributed by atoms with Crippen molar-refractivity contribution in [3.63, 3.8) is 0 Å². The van der Waals surface area contributed by atoms with Gasteiger partial charge in [-0.2, -0.15) is 0 Å². The Morgan fingerprint density at radius 1 is 1.28 bits per heavy atom. The molecule has 25 heavy (non-hydrogen) atoms. The second kappa shape index (κ2) is 7.44. The van der Waals surface area contributed by atoms with Crippen molar-refractivity contribution in [2.45, 2.75) is 26.7 Å². The molecule has 1 atom stereocenters. The summed E-state index contributed by atoms with van der Waals surface area (Å²) < 4.78 is 10.6. The van der Waals surface area contributed by atoms with E-state index in [9.17, 15) is 4.79 Å². The summed E-state index contributed by atoms with van der Waals surface area (Å²) in [7, 11) is 3.22. The fourth-order valence-corrected chi connectivity index (χ4v) is 4.24. The fourth-order valence-electron chi connectivity index (χ4n) is 3.21. The molecule has 2 heterocycles. The van der Waals surface area contributed by atoms with E-state index in [0.717, 1.165) is 40.7 Å². The zero-order valence-electron chi connectivity index (χ0n) is 15.2. The molecule has 1 aromatic carbocycles. The molecule has 0 N–H and O–H groups in total. The van der Waals surface area contributed by atoms with Crippen LogP contribution in [0.3, 0.4) is 0 Å². The summed E-state index contributed by atoms with van der Waals surface area (Å²) in [4.78, 5) is 20.2. The Labute approximate surface area is 152 Å². The lowest BCUT2D eigenvalue weighted by Gasteiger charge is -2.30. The standard InChI is InChI=1S/C19H24N2O3S/c1-12-6-5-9-21(11-12)19(22)17-13(2)20-18(25-17)14-7-8-15(23-3)16(10-14)24-4/h7-8,10,12H,5-6,9,11H2,1-4H3. The summed E-state index contributed by atoms with van der Waals surface area (Å²) in [5.74, 6) is 2.01. The number of thiazole rings is 1. The molecule has 1 aliphatic heterocycles. The van der Waals surface area contributed by atoms with Crippen molar-refractivity contribution in [1.29, 1.82) is 0 Å². The van der Waals surface area contributed by atoms with Crippen LogP contribution in [0.2, 0.25) is 0 Å². The monoisotopic (exact) mass is 360 g/mol. The number of piperidine rings is 1. The van der Waals surface area contributed by atoms with Crippen LogP contribution in [-0.2, 0) is 0 Å². The van der Waals surface area contributed by atoms with Gasteiger partial charge in [0, 0.05) is 18.7 Å². The molecular weight excluding hydrogens is 336 g/mol. The first kappa shape index (κ1) is 17.7. The summed E-state index contributed by atoms with van der Waals surface area (Å²) in [5, 5.41) is 0.826. The van der Waals surface area contributed by atoms with Gasteiger partial charge in [0.2, 0.25) is 0 Å². The van der Waals surface area contributed by atoms with Gasteiger partial charge in [-0.3, -0.25) is 4.79 Å². The lowest BCUT2D eigenvalue weighted by atomic mass is 10.0. The van der Waals surface area contributed by atoms with Crippen LogP contribution in [0.4, 0.5) is 0 Å². The minimum absolute atomic E-state index is 0.105. The molecule has 5 nitrogen and oxygen atoms in total. The number of carbonyl (C=O) groups is 1. The average Bonchev–Trinajstić information content (AvgIpc) is 3.02. The van der Waals surface area contributed by atoms with Crippen molar-refractivity contribution in [2.24, 2.45) is 5.92 Å². The third-order valence-corrected chi connectivity index (χ3v) is 5.76. The van der Waals surface area contributed by atoms with E-state index in [2.05, 4.69) is 11.9 Å². The van der Waals surface area contributed by atoms with E-state index in [4.69, 9.17) is 9.47 Å². The van der Waals surface area contributed by atoms with Crippen LogP contribution in [-0.4, -0.2) is 43.1 Å². The molecule has 1 fully saturated rings. The number of methoxy groups -OCH3 is 2. The third-order valence-electron chi connectivity index (χ3n) is 4.57. The van der Waals surface area contributed by atoms with Gasteiger partial charge in [0.25, 0.3) is 5.91 Å². The van der Waals surface area contributed by atoms with Gasteiger partial charge >= 0.3 is 0 Å². The number of carbonyl (C=O) groups excluding carboxylic acids is 1. The first-order valence-electron chi connectivity index (χ1n) is 8.52. The largest absolute Gasteiger partial charge is 0.493 e. The number of aromatic nitrogens is 1. The highest BCUT2D eigenvalue weighted by atomic mass is 32.1. The van der Waals surface area contributed by atoms with Crippen molar-refractivity contribution < 1.29 is 14.3 Å². The maximum atomic E-state index is 12.9. The quantitative estimate of drug-likeness (QED) is 0.827. The first-order chi connectivity index (χ1) is 12.0. The Hall–Kier alpha value is -2.08. The summed E-state index contributed by atoms with van der Waals surface area (Å²) in [6, 6.07) is 5.70. The van der Waals surface area contributed by atoms with Crippen molar-refractivity contribution >= 4 is 17.2 Å². The van der Waals surface area contributed by atoms with Gasteiger partial charge in [0.1, 0.15) is 9.88 Å². The smallest absolute Gasteiger partial charge is 0.265 e. The highest BCUT2D eigenvalue weighted by Gasteiger charge is 2.25. The van der Waals surface area contributed by atoms with Crippen LogP contribution in [0.15, 0.2) is 18.2 Å². The Morgan fingerprint density at radius 2 is 2.04 bits per heavy atom. The van der Waals surface area contributed by atoms with Crippen LogP contribution in [0.1, 0.15) is 35.1 Å². The van der Waals surface area contributed by atoms with E-state index in [0.29, 0.717) is 17.4 Å². The van der Waals surface area contributed by atoms with E-state index >= 15 is 0 Å². The number of aryl methyl sites for hydroxylation is 1. The Kier molecular flexibility index (Phi) is 5.27. The highest BCUT2D eigenvalue weighted by molar-refractivity contribution is 7.17. The molecule has 1 amide bonds. The number of benzene rings is 1. The van der Waals surface area contributed by atoms with E-state index in [1.165, 1.54) is 17.8 Å². The SMILES string of the molecule is COc1ccc(-c2nc(C)c(C(=O)N3CCCC(C)C3)s2)cc1OC. The summed E-state index contributed by atoms with van der Waals surface area (Å²) in [5.41, 5.74) is 1.72. The summed E-state index contributed by atoms with van der Waals surface area (Å²) in [6.45, 7) is 5.78. The summed E-state index contributed by atoms with van der Waals surface area (Å²) in [6.07, 6.45) is 2.27. The number of nitrogens with zero attached hydrogens (tertiary/aromatic N) is 2. The van der Waals surface area contributed by atoms with Crippen molar-refractivity contribution in [1.82, 2.24) is 9.88 Å². The van der Waals surface area contributed by atoms with Gasteiger partial charge in [-0.25, -0.2) is 4.98 Å². The molecule has 1 saturated heterocycles. The Bertz CT molecular complexity index is 772. The predicted molar refractivity (Wildman–Crippen MR) is 99.7 cm³/mol. The number of likely N-dealkylation sites (tertiary alicyclic amines) is 1. The lowest BCUT2D eigenvalue weighted by molar-refractivity contribution is 0.0687. The molecule has 6 heteroatoms. The van der Waals surface area contributed by atoms with Crippen molar-refractivity contribution in [3.8, 4) is 22.1 Å². The highest BCUT2D eigenvalue weighted by Crippen LogP contribution is 2.35. The van der Waals surface area contributed by atoms with Crippen molar-refractivity contribution in [2.75, 3.05) is 27.3 Å². The van der Waals surface area contributed by atoms with Gasteiger partial charge in [-0.15, -0.1) is 11.3 Å².